The van der Waals surface area contributed by atoms with E-state index in [2.05, 4.69) is 34.6 Å². The van der Waals surface area contributed by atoms with Crippen LogP contribution in [0.25, 0.3) is 33.2 Å². The Morgan fingerprint density at radius 1 is 0.756 bits per heavy atom. The van der Waals surface area contributed by atoms with Gasteiger partial charge in [0.05, 0.1) is 16.7 Å². The van der Waals surface area contributed by atoms with Gasteiger partial charge in [0.15, 0.2) is 0 Å². The second kappa shape index (κ2) is 11.4. The van der Waals surface area contributed by atoms with E-state index >= 15 is 0 Å². The predicted molar refractivity (Wildman–Crippen MR) is 171 cm³/mol. The number of hydrogen-bond acceptors (Lipinski definition) is 3. The Kier molecular flexibility index (Phi) is 7.22. The van der Waals surface area contributed by atoms with Gasteiger partial charge in [-0.05, 0) is 89.2 Å². The minimum absolute atomic E-state index is 0.170. The molecular formula is C37H26F2N2O3S. The summed E-state index contributed by atoms with van der Waals surface area (Å²) in [7, 11) is 0. The number of carbonyl (C=O) groups excluding carboxylic acids is 1. The Labute approximate surface area is 261 Å². The van der Waals surface area contributed by atoms with Crippen LogP contribution < -0.4 is 5.32 Å². The molecule has 6 aromatic rings. The summed E-state index contributed by atoms with van der Waals surface area (Å²) in [5.41, 5.74) is 4.40. The fourth-order valence-electron chi connectivity index (χ4n) is 5.68. The zero-order chi connectivity index (χ0) is 31.1. The second-order valence-electron chi connectivity index (χ2n) is 11.2. The first-order chi connectivity index (χ1) is 21.8. The summed E-state index contributed by atoms with van der Waals surface area (Å²) >= 11 is 1.51. The molecule has 0 saturated heterocycles. The SMILES string of the molecule is O=C(O)c1ccc(C2(NC(=O)c3cc(-c4cc(F)cc(F)c4)cc4[nH]cc(Sc5ccc(-c6ccccc6)cc5)c34)CC2)cc1. The number of carbonyl (C=O) groups is 2. The van der Waals surface area contributed by atoms with Gasteiger partial charge < -0.3 is 15.4 Å². The number of aromatic carboxylic acids is 1. The lowest BCUT2D eigenvalue weighted by molar-refractivity contribution is 0.0696. The van der Waals surface area contributed by atoms with Crippen molar-refractivity contribution in [2.45, 2.75) is 28.2 Å². The van der Waals surface area contributed by atoms with Crippen LogP contribution in [0.4, 0.5) is 8.78 Å². The lowest BCUT2D eigenvalue weighted by Crippen LogP contribution is -2.35. The highest BCUT2D eigenvalue weighted by Gasteiger charge is 2.46. The van der Waals surface area contributed by atoms with E-state index in [0.29, 0.717) is 40.4 Å². The minimum Gasteiger partial charge on any atom is -0.478 e. The molecule has 0 unspecified atom stereocenters. The molecule has 1 saturated carbocycles. The van der Waals surface area contributed by atoms with E-state index in [-0.39, 0.29) is 11.5 Å². The maximum atomic E-state index is 14.2. The quantitative estimate of drug-likeness (QED) is 0.159. The number of hydrogen-bond donors (Lipinski definition) is 3. The summed E-state index contributed by atoms with van der Waals surface area (Å²) in [6.07, 6.45) is 3.24. The smallest absolute Gasteiger partial charge is 0.335 e. The van der Waals surface area contributed by atoms with E-state index in [9.17, 15) is 23.5 Å². The van der Waals surface area contributed by atoms with Crippen LogP contribution in [0.3, 0.4) is 0 Å². The van der Waals surface area contributed by atoms with Crippen molar-refractivity contribution in [2.24, 2.45) is 0 Å². The number of amides is 1. The van der Waals surface area contributed by atoms with Crippen LogP contribution in [-0.2, 0) is 5.54 Å². The molecular weight excluding hydrogens is 590 g/mol. The Morgan fingerprint density at radius 2 is 1.40 bits per heavy atom. The minimum atomic E-state index is -1.02. The van der Waals surface area contributed by atoms with Gasteiger partial charge in [-0.15, -0.1) is 0 Å². The molecule has 0 bridgehead atoms. The maximum absolute atomic E-state index is 14.2. The fraction of sp³-hybridized carbons (Fsp3) is 0.0811. The van der Waals surface area contributed by atoms with Gasteiger partial charge >= 0.3 is 5.97 Å². The zero-order valence-electron chi connectivity index (χ0n) is 23.8. The van der Waals surface area contributed by atoms with Gasteiger partial charge in [0.1, 0.15) is 11.6 Å². The third kappa shape index (κ3) is 5.72. The molecule has 45 heavy (non-hydrogen) atoms. The number of nitrogens with one attached hydrogen (secondary N) is 2. The average Bonchev–Trinajstić information content (AvgIpc) is 3.72. The van der Waals surface area contributed by atoms with Crippen LogP contribution in [0, 0.1) is 11.6 Å². The molecule has 1 aliphatic rings. The Morgan fingerprint density at radius 3 is 2.04 bits per heavy atom. The van der Waals surface area contributed by atoms with E-state index in [4.69, 9.17) is 0 Å². The van der Waals surface area contributed by atoms with E-state index in [1.807, 2.05) is 36.5 Å². The normalized spacial score (nSPS) is 13.5. The number of rotatable bonds is 8. The molecule has 0 aliphatic heterocycles. The van der Waals surface area contributed by atoms with Crippen LogP contribution in [0.1, 0.15) is 39.1 Å². The number of fused-ring (bicyclic) bond motifs is 1. The highest BCUT2D eigenvalue weighted by molar-refractivity contribution is 7.99. The average molecular weight is 617 g/mol. The van der Waals surface area contributed by atoms with Gasteiger partial charge in [0.25, 0.3) is 5.91 Å². The van der Waals surface area contributed by atoms with Crippen molar-refractivity contribution in [3.8, 4) is 22.3 Å². The Hall–Kier alpha value is -5.21. The van der Waals surface area contributed by atoms with Gasteiger partial charge in [0.2, 0.25) is 0 Å². The molecule has 8 heteroatoms. The molecule has 5 nitrogen and oxygen atoms in total. The summed E-state index contributed by atoms with van der Waals surface area (Å²) in [5, 5.41) is 13.2. The highest BCUT2D eigenvalue weighted by atomic mass is 32.2. The van der Waals surface area contributed by atoms with Crippen LogP contribution in [0.5, 0.6) is 0 Å². The number of halogens is 2. The van der Waals surface area contributed by atoms with E-state index in [0.717, 1.165) is 32.5 Å². The summed E-state index contributed by atoms with van der Waals surface area (Å²) in [6, 6.07) is 31.6. The maximum Gasteiger partial charge on any atom is 0.335 e. The summed E-state index contributed by atoms with van der Waals surface area (Å²) in [5.74, 6) is -2.77. The van der Waals surface area contributed by atoms with Crippen molar-refractivity contribution in [3.05, 3.63) is 144 Å². The van der Waals surface area contributed by atoms with Gasteiger partial charge in [-0.2, -0.15) is 0 Å². The Balaban J connectivity index is 1.27. The Bertz CT molecular complexity index is 2050. The number of carboxylic acid groups (broad SMARTS) is 1. The van der Waals surface area contributed by atoms with Crippen molar-refractivity contribution in [3.63, 3.8) is 0 Å². The number of aromatic nitrogens is 1. The van der Waals surface area contributed by atoms with Gasteiger partial charge in [-0.3, -0.25) is 4.79 Å². The molecule has 222 valence electrons. The molecule has 0 atom stereocenters. The first kappa shape index (κ1) is 28.6. The van der Waals surface area contributed by atoms with Crippen molar-refractivity contribution >= 4 is 34.5 Å². The van der Waals surface area contributed by atoms with Crippen molar-refractivity contribution in [1.29, 1.82) is 0 Å². The third-order valence-electron chi connectivity index (χ3n) is 8.16. The van der Waals surface area contributed by atoms with Crippen LogP contribution >= 0.6 is 11.8 Å². The van der Waals surface area contributed by atoms with E-state index < -0.39 is 23.1 Å². The number of aromatic amines is 1. The first-order valence-corrected chi connectivity index (χ1v) is 15.2. The molecule has 1 fully saturated rings. The fourth-order valence-corrected chi connectivity index (χ4v) is 6.65. The number of H-pyrrole nitrogens is 1. The molecule has 5 aromatic carbocycles. The molecule has 0 spiro atoms. The van der Waals surface area contributed by atoms with Gasteiger partial charge in [0, 0.05) is 33.0 Å². The van der Waals surface area contributed by atoms with Crippen LogP contribution in [0.2, 0.25) is 0 Å². The van der Waals surface area contributed by atoms with Crippen molar-refractivity contribution in [2.75, 3.05) is 0 Å². The summed E-state index contributed by atoms with van der Waals surface area (Å²) in [4.78, 5) is 30.5. The van der Waals surface area contributed by atoms with Crippen molar-refractivity contribution < 1.29 is 23.5 Å². The highest BCUT2D eigenvalue weighted by Crippen LogP contribution is 2.46. The molecule has 1 aromatic heterocycles. The van der Waals surface area contributed by atoms with Gasteiger partial charge in [-0.25, -0.2) is 13.6 Å². The van der Waals surface area contributed by atoms with Crippen LogP contribution in [0.15, 0.2) is 125 Å². The van der Waals surface area contributed by atoms with E-state index in [1.54, 1.807) is 24.3 Å². The number of carboxylic acids is 1. The molecule has 7 rings (SSSR count). The summed E-state index contributed by atoms with van der Waals surface area (Å²) in [6.45, 7) is 0. The number of benzene rings is 5. The standard InChI is InChI=1S/C37H26F2N2O3S/c38-28-16-25(17-29(39)20-28)26-18-31(35(42)41-37(14-15-37)27-10-6-24(7-11-27)36(43)44)34-32(19-26)40-21-33(34)45-30-12-8-23(9-13-30)22-4-2-1-3-5-22/h1-13,16-21,40H,14-15H2,(H,41,42)(H,43,44). The molecule has 3 N–H and O–H groups in total. The molecule has 1 amide bonds. The third-order valence-corrected chi connectivity index (χ3v) is 9.21. The van der Waals surface area contributed by atoms with Gasteiger partial charge in [-0.1, -0.05) is 66.4 Å². The summed E-state index contributed by atoms with van der Waals surface area (Å²) < 4.78 is 28.4. The molecule has 1 heterocycles. The van der Waals surface area contributed by atoms with E-state index in [1.165, 1.54) is 36.0 Å². The predicted octanol–water partition coefficient (Wildman–Crippen LogP) is 9.05. The van der Waals surface area contributed by atoms with Crippen molar-refractivity contribution in [1.82, 2.24) is 10.3 Å². The lowest BCUT2D eigenvalue weighted by Gasteiger charge is -2.19. The topological polar surface area (TPSA) is 82.2 Å². The zero-order valence-corrected chi connectivity index (χ0v) is 24.6. The monoisotopic (exact) mass is 616 g/mol. The lowest BCUT2D eigenvalue weighted by atomic mass is 9.98. The van der Waals surface area contributed by atoms with Crippen LogP contribution in [-0.4, -0.2) is 22.0 Å². The molecule has 0 radical (unpaired) electrons. The molecule has 1 aliphatic carbocycles. The first-order valence-electron chi connectivity index (χ1n) is 14.4. The second-order valence-corrected chi connectivity index (χ2v) is 12.3. The largest absolute Gasteiger partial charge is 0.478 e.